The first-order valence-electron chi connectivity index (χ1n) is 10.3. The van der Waals surface area contributed by atoms with Crippen LogP contribution in [-0.2, 0) is 17.0 Å². The van der Waals surface area contributed by atoms with Gasteiger partial charge in [-0.3, -0.25) is 4.79 Å². The van der Waals surface area contributed by atoms with Crippen LogP contribution in [-0.4, -0.2) is 42.4 Å². The average molecular weight is 439 g/mol. The standard InChI is InChI=1S/C23H26N4O3S/c1-16-20(17(2)30-26-16)15-31-21-6-4-3-5-19(21)23(28)25-14-18-7-8-24-22(13-18)27-9-11-29-12-10-27/h3-8,13H,9-12,14-15H2,1-2H3,(H,25,28). The minimum absolute atomic E-state index is 0.0911. The number of aryl methyl sites for hydroxylation is 2. The van der Waals surface area contributed by atoms with Crippen molar-refractivity contribution in [2.75, 3.05) is 31.2 Å². The van der Waals surface area contributed by atoms with Crippen molar-refractivity contribution in [3.63, 3.8) is 0 Å². The van der Waals surface area contributed by atoms with E-state index < -0.39 is 0 Å². The Labute approximate surface area is 186 Å². The average Bonchev–Trinajstić information content (AvgIpc) is 3.14. The van der Waals surface area contributed by atoms with Crippen LogP contribution >= 0.6 is 11.8 Å². The molecule has 0 unspecified atom stereocenters. The lowest BCUT2D eigenvalue weighted by Gasteiger charge is -2.28. The van der Waals surface area contributed by atoms with E-state index in [0.717, 1.165) is 46.4 Å². The molecule has 2 aromatic heterocycles. The van der Waals surface area contributed by atoms with Gasteiger partial charge in [0, 0.05) is 42.0 Å². The third kappa shape index (κ3) is 5.26. The van der Waals surface area contributed by atoms with E-state index in [1.807, 2.05) is 50.2 Å². The van der Waals surface area contributed by atoms with Crippen LogP contribution in [0.25, 0.3) is 0 Å². The van der Waals surface area contributed by atoms with Gasteiger partial charge in [0.05, 0.1) is 24.5 Å². The van der Waals surface area contributed by atoms with E-state index in [2.05, 4.69) is 20.4 Å². The molecule has 4 rings (SSSR count). The Balaban J connectivity index is 1.40. The summed E-state index contributed by atoms with van der Waals surface area (Å²) in [6.07, 6.45) is 1.79. The van der Waals surface area contributed by atoms with Crippen molar-refractivity contribution in [1.82, 2.24) is 15.5 Å². The second kappa shape index (κ2) is 9.98. The highest BCUT2D eigenvalue weighted by atomic mass is 32.2. The van der Waals surface area contributed by atoms with E-state index >= 15 is 0 Å². The number of rotatable bonds is 7. The number of pyridine rings is 1. The van der Waals surface area contributed by atoms with Crippen molar-refractivity contribution >= 4 is 23.5 Å². The minimum atomic E-state index is -0.0911. The molecule has 8 heteroatoms. The number of anilines is 1. The molecular weight excluding hydrogens is 412 g/mol. The van der Waals surface area contributed by atoms with Crippen molar-refractivity contribution in [3.8, 4) is 0 Å². The van der Waals surface area contributed by atoms with Crippen LogP contribution in [0.1, 0.15) is 32.9 Å². The number of nitrogens with one attached hydrogen (secondary N) is 1. The van der Waals surface area contributed by atoms with Crippen molar-refractivity contribution in [2.24, 2.45) is 0 Å². The van der Waals surface area contributed by atoms with E-state index in [9.17, 15) is 4.79 Å². The third-order valence-electron chi connectivity index (χ3n) is 5.28. The Morgan fingerprint density at radius 3 is 2.77 bits per heavy atom. The number of aromatic nitrogens is 2. The van der Waals surface area contributed by atoms with Crippen LogP contribution in [0.3, 0.4) is 0 Å². The number of carbonyl (C=O) groups excluding carboxylic acids is 1. The number of ether oxygens (including phenoxy) is 1. The zero-order valence-electron chi connectivity index (χ0n) is 17.8. The van der Waals surface area contributed by atoms with Crippen LogP contribution in [0.2, 0.25) is 0 Å². The molecule has 0 saturated carbocycles. The number of thioether (sulfide) groups is 1. The van der Waals surface area contributed by atoms with E-state index in [1.165, 1.54) is 0 Å². The number of morpholine rings is 1. The number of hydrogen-bond acceptors (Lipinski definition) is 7. The van der Waals surface area contributed by atoms with Gasteiger partial charge in [-0.25, -0.2) is 4.98 Å². The molecule has 0 aliphatic carbocycles. The first-order valence-corrected chi connectivity index (χ1v) is 11.3. The van der Waals surface area contributed by atoms with Crippen molar-refractivity contribution in [3.05, 3.63) is 70.7 Å². The van der Waals surface area contributed by atoms with Crippen LogP contribution in [0, 0.1) is 13.8 Å². The molecule has 0 atom stereocenters. The van der Waals surface area contributed by atoms with E-state index in [4.69, 9.17) is 9.26 Å². The van der Waals surface area contributed by atoms with Crippen LogP contribution < -0.4 is 10.2 Å². The number of benzene rings is 1. The maximum atomic E-state index is 12.9. The van der Waals surface area contributed by atoms with Gasteiger partial charge in [0.2, 0.25) is 0 Å². The number of amides is 1. The first-order chi connectivity index (χ1) is 15.1. The van der Waals surface area contributed by atoms with E-state index in [0.29, 0.717) is 31.1 Å². The molecule has 0 radical (unpaired) electrons. The molecule has 0 bridgehead atoms. The summed E-state index contributed by atoms with van der Waals surface area (Å²) in [6, 6.07) is 11.6. The highest BCUT2D eigenvalue weighted by Crippen LogP contribution is 2.29. The SMILES string of the molecule is Cc1noc(C)c1CSc1ccccc1C(=O)NCc1ccnc(N2CCOCC2)c1. The first kappa shape index (κ1) is 21.4. The van der Waals surface area contributed by atoms with Crippen molar-refractivity contribution < 1.29 is 14.1 Å². The fraction of sp³-hybridized carbons (Fsp3) is 0.348. The third-order valence-corrected chi connectivity index (χ3v) is 6.38. The van der Waals surface area contributed by atoms with Crippen LogP contribution in [0.5, 0.6) is 0 Å². The summed E-state index contributed by atoms with van der Waals surface area (Å²) in [5.41, 5.74) is 3.65. The van der Waals surface area contributed by atoms with Gasteiger partial charge in [0.15, 0.2) is 0 Å². The maximum absolute atomic E-state index is 12.9. The summed E-state index contributed by atoms with van der Waals surface area (Å²) < 4.78 is 10.7. The lowest BCUT2D eigenvalue weighted by atomic mass is 10.2. The molecule has 31 heavy (non-hydrogen) atoms. The molecule has 1 aliphatic rings. The lowest BCUT2D eigenvalue weighted by Crippen LogP contribution is -2.36. The van der Waals surface area contributed by atoms with Gasteiger partial charge in [-0.05, 0) is 43.7 Å². The van der Waals surface area contributed by atoms with Crippen LogP contribution in [0.4, 0.5) is 5.82 Å². The highest BCUT2D eigenvalue weighted by molar-refractivity contribution is 7.98. The summed E-state index contributed by atoms with van der Waals surface area (Å²) in [4.78, 5) is 20.5. The fourth-order valence-corrected chi connectivity index (χ4v) is 4.65. The van der Waals surface area contributed by atoms with Gasteiger partial charge in [0.25, 0.3) is 5.91 Å². The predicted octanol–water partition coefficient (Wildman–Crippen LogP) is 3.75. The topological polar surface area (TPSA) is 80.5 Å². The molecule has 3 heterocycles. The highest BCUT2D eigenvalue weighted by Gasteiger charge is 2.15. The fourth-order valence-electron chi connectivity index (χ4n) is 3.45. The monoisotopic (exact) mass is 438 g/mol. The number of carbonyl (C=O) groups is 1. The minimum Gasteiger partial charge on any atom is -0.378 e. The van der Waals surface area contributed by atoms with E-state index in [-0.39, 0.29) is 5.91 Å². The van der Waals surface area contributed by atoms with Gasteiger partial charge in [-0.15, -0.1) is 11.8 Å². The van der Waals surface area contributed by atoms with E-state index in [1.54, 1.807) is 18.0 Å². The molecule has 1 fully saturated rings. The van der Waals surface area contributed by atoms with Crippen molar-refractivity contribution in [1.29, 1.82) is 0 Å². The molecule has 162 valence electrons. The predicted molar refractivity (Wildman–Crippen MR) is 120 cm³/mol. The Bertz CT molecular complexity index is 1030. The smallest absolute Gasteiger partial charge is 0.252 e. The molecule has 1 N–H and O–H groups in total. The molecule has 1 amide bonds. The Morgan fingerprint density at radius 1 is 1.19 bits per heavy atom. The molecular formula is C23H26N4O3S. The van der Waals surface area contributed by atoms with Gasteiger partial charge >= 0.3 is 0 Å². The molecule has 1 saturated heterocycles. The lowest BCUT2D eigenvalue weighted by molar-refractivity contribution is 0.0948. The van der Waals surface area contributed by atoms with Gasteiger partial charge in [-0.2, -0.15) is 0 Å². The molecule has 7 nitrogen and oxygen atoms in total. The Morgan fingerprint density at radius 2 is 2.00 bits per heavy atom. The summed E-state index contributed by atoms with van der Waals surface area (Å²) >= 11 is 1.61. The van der Waals surface area contributed by atoms with Gasteiger partial charge in [0.1, 0.15) is 11.6 Å². The molecule has 0 spiro atoms. The normalized spacial score (nSPS) is 13.9. The zero-order valence-corrected chi connectivity index (χ0v) is 18.6. The quantitative estimate of drug-likeness (QED) is 0.563. The summed E-state index contributed by atoms with van der Waals surface area (Å²) in [5.74, 6) is 2.36. The zero-order chi connectivity index (χ0) is 21.6. The number of nitrogens with zero attached hydrogens (tertiary/aromatic N) is 3. The Hall–Kier alpha value is -2.84. The summed E-state index contributed by atoms with van der Waals surface area (Å²) in [7, 11) is 0. The number of hydrogen-bond donors (Lipinski definition) is 1. The second-order valence-corrected chi connectivity index (χ2v) is 8.41. The molecule has 1 aromatic carbocycles. The summed E-state index contributed by atoms with van der Waals surface area (Å²) in [5, 5.41) is 7.05. The Kier molecular flexibility index (Phi) is 6.89. The molecule has 1 aliphatic heterocycles. The largest absolute Gasteiger partial charge is 0.378 e. The maximum Gasteiger partial charge on any atom is 0.252 e. The summed E-state index contributed by atoms with van der Waals surface area (Å²) in [6.45, 7) is 7.38. The van der Waals surface area contributed by atoms with Gasteiger partial charge < -0.3 is 19.5 Å². The molecule has 3 aromatic rings. The van der Waals surface area contributed by atoms with Gasteiger partial charge in [-0.1, -0.05) is 17.3 Å². The van der Waals surface area contributed by atoms with Crippen LogP contribution in [0.15, 0.2) is 52.0 Å². The van der Waals surface area contributed by atoms with Crippen molar-refractivity contribution in [2.45, 2.75) is 31.0 Å². The second-order valence-electron chi connectivity index (χ2n) is 7.39.